The second-order valence-electron chi connectivity index (χ2n) is 3.10. The summed E-state index contributed by atoms with van der Waals surface area (Å²) in [5.74, 6) is -1.20. The van der Waals surface area contributed by atoms with Crippen LogP contribution in [0.25, 0.3) is 0 Å². The number of carbonyl (C=O) groups excluding carboxylic acids is 2. The average molecular weight is 268 g/mol. The highest BCUT2D eigenvalue weighted by Gasteiger charge is 2.33. The lowest BCUT2D eigenvalue weighted by Crippen LogP contribution is -2.18. The zero-order chi connectivity index (χ0) is 13.9. The molecule has 0 radical (unpaired) electrons. The molecule has 0 saturated heterocycles. The molecule has 0 bridgehead atoms. The summed E-state index contributed by atoms with van der Waals surface area (Å²) in [4.78, 5) is 21.0. The summed E-state index contributed by atoms with van der Waals surface area (Å²) >= 11 is 0. The van der Waals surface area contributed by atoms with Crippen LogP contribution in [0.2, 0.25) is 0 Å². The average Bonchev–Trinajstić information content (AvgIpc) is 2.25. The summed E-state index contributed by atoms with van der Waals surface area (Å²) in [6.07, 6.45) is -8.29. The van der Waals surface area contributed by atoms with E-state index in [2.05, 4.69) is 4.74 Å². The van der Waals surface area contributed by atoms with E-state index in [0.29, 0.717) is 12.1 Å². The van der Waals surface area contributed by atoms with Crippen molar-refractivity contribution in [3.63, 3.8) is 0 Å². The molecule has 0 aliphatic carbocycles. The SMILES string of the molecule is O=Cc1cc(OC(F)(F)F)c(C(F)F)cc1C=O. The normalized spacial score (nSPS) is 11.4. The van der Waals surface area contributed by atoms with Crippen molar-refractivity contribution < 1.29 is 36.3 Å². The molecule has 1 rings (SSSR count). The second-order valence-corrected chi connectivity index (χ2v) is 3.10. The number of benzene rings is 1. The van der Waals surface area contributed by atoms with Gasteiger partial charge in [0.2, 0.25) is 0 Å². The van der Waals surface area contributed by atoms with Crippen LogP contribution in [0.4, 0.5) is 22.0 Å². The summed E-state index contributed by atoms with van der Waals surface area (Å²) in [6, 6.07) is 0.939. The molecule has 0 amide bonds. The molecule has 8 heteroatoms. The third-order valence-electron chi connectivity index (χ3n) is 1.93. The number of hydrogen-bond donors (Lipinski definition) is 0. The van der Waals surface area contributed by atoms with E-state index >= 15 is 0 Å². The summed E-state index contributed by atoms with van der Waals surface area (Å²) in [6.45, 7) is 0. The smallest absolute Gasteiger partial charge is 0.405 e. The lowest BCUT2D eigenvalue weighted by molar-refractivity contribution is -0.275. The molecule has 1 aromatic rings. The van der Waals surface area contributed by atoms with Crippen molar-refractivity contribution in [1.29, 1.82) is 0 Å². The van der Waals surface area contributed by atoms with Crippen LogP contribution >= 0.6 is 0 Å². The topological polar surface area (TPSA) is 43.4 Å². The summed E-state index contributed by atoms with van der Waals surface area (Å²) in [5, 5.41) is 0. The number of aldehydes is 2. The molecule has 0 aliphatic rings. The minimum atomic E-state index is -5.17. The zero-order valence-corrected chi connectivity index (χ0v) is 8.50. The van der Waals surface area contributed by atoms with Crippen LogP contribution in [0.3, 0.4) is 0 Å². The maximum atomic E-state index is 12.5. The van der Waals surface area contributed by atoms with E-state index in [1.807, 2.05) is 0 Å². The highest BCUT2D eigenvalue weighted by Crippen LogP contribution is 2.34. The molecule has 0 unspecified atom stereocenters. The predicted molar refractivity (Wildman–Crippen MR) is 48.9 cm³/mol. The van der Waals surface area contributed by atoms with Gasteiger partial charge >= 0.3 is 6.36 Å². The number of alkyl halides is 5. The van der Waals surface area contributed by atoms with E-state index in [9.17, 15) is 31.5 Å². The number of halogens is 5. The quantitative estimate of drug-likeness (QED) is 0.622. The Hall–Kier alpha value is -1.99. The Labute approximate surface area is 97.2 Å². The van der Waals surface area contributed by atoms with E-state index in [0.717, 1.165) is 0 Å². The Morgan fingerprint density at radius 3 is 1.94 bits per heavy atom. The largest absolute Gasteiger partial charge is 0.573 e. The lowest BCUT2D eigenvalue weighted by atomic mass is 10.0. The fraction of sp³-hybridized carbons (Fsp3) is 0.200. The van der Waals surface area contributed by atoms with E-state index in [4.69, 9.17) is 0 Å². The molecule has 0 aliphatic heterocycles. The molecule has 0 atom stereocenters. The van der Waals surface area contributed by atoms with Gasteiger partial charge in [-0.1, -0.05) is 0 Å². The fourth-order valence-electron chi connectivity index (χ4n) is 1.22. The van der Waals surface area contributed by atoms with Gasteiger partial charge in [-0.15, -0.1) is 13.2 Å². The van der Waals surface area contributed by atoms with Gasteiger partial charge in [-0.25, -0.2) is 8.78 Å². The maximum Gasteiger partial charge on any atom is 0.573 e. The van der Waals surface area contributed by atoms with Gasteiger partial charge in [-0.05, 0) is 12.1 Å². The minimum Gasteiger partial charge on any atom is -0.405 e. The first-order valence-corrected chi connectivity index (χ1v) is 4.40. The Balaban J connectivity index is 3.38. The zero-order valence-electron chi connectivity index (χ0n) is 8.50. The highest BCUT2D eigenvalue weighted by atomic mass is 19.4. The first-order valence-electron chi connectivity index (χ1n) is 4.40. The molecule has 0 spiro atoms. The monoisotopic (exact) mass is 268 g/mol. The molecule has 0 aromatic heterocycles. The van der Waals surface area contributed by atoms with Crippen molar-refractivity contribution >= 4 is 12.6 Å². The molecule has 0 saturated carbocycles. The van der Waals surface area contributed by atoms with Gasteiger partial charge in [-0.2, -0.15) is 0 Å². The van der Waals surface area contributed by atoms with E-state index in [1.54, 1.807) is 0 Å². The van der Waals surface area contributed by atoms with Crippen molar-refractivity contribution in [3.05, 3.63) is 28.8 Å². The van der Waals surface area contributed by atoms with Gasteiger partial charge in [0.05, 0.1) is 5.56 Å². The Bertz CT molecular complexity index is 467. The Morgan fingerprint density at radius 2 is 1.56 bits per heavy atom. The Morgan fingerprint density at radius 1 is 1.06 bits per heavy atom. The number of rotatable bonds is 4. The molecule has 1 aromatic carbocycles. The van der Waals surface area contributed by atoms with E-state index in [1.165, 1.54) is 0 Å². The van der Waals surface area contributed by atoms with Gasteiger partial charge in [0.15, 0.2) is 12.6 Å². The van der Waals surface area contributed by atoms with Crippen LogP contribution in [0.15, 0.2) is 12.1 Å². The summed E-state index contributed by atoms with van der Waals surface area (Å²) in [7, 11) is 0. The van der Waals surface area contributed by atoms with Crippen molar-refractivity contribution in [2.45, 2.75) is 12.8 Å². The third-order valence-corrected chi connectivity index (χ3v) is 1.93. The molecule has 0 N–H and O–H groups in total. The van der Waals surface area contributed by atoms with Crippen molar-refractivity contribution in [3.8, 4) is 5.75 Å². The molecule has 0 heterocycles. The predicted octanol–water partition coefficient (Wildman–Crippen LogP) is 3.15. The van der Waals surface area contributed by atoms with Gasteiger partial charge in [0.25, 0.3) is 6.43 Å². The summed E-state index contributed by atoms with van der Waals surface area (Å²) in [5.41, 5.74) is -2.01. The van der Waals surface area contributed by atoms with Crippen LogP contribution in [0, 0.1) is 0 Å². The van der Waals surface area contributed by atoms with Crippen LogP contribution in [0.5, 0.6) is 5.75 Å². The molecular weight excluding hydrogens is 263 g/mol. The van der Waals surface area contributed by atoms with Crippen molar-refractivity contribution in [1.82, 2.24) is 0 Å². The van der Waals surface area contributed by atoms with E-state index < -0.39 is 35.2 Å². The molecule has 98 valence electrons. The van der Waals surface area contributed by atoms with Crippen molar-refractivity contribution in [2.75, 3.05) is 0 Å². The lowest BCUT2D eigenvalue weighted by Gasteiger charge is -2.14. The van der Waals surface area contributed by atoms with Crippen LogP contribution in [-0.2, 0) is 0 Å². The summed E-state index contributed by atoms with van der Waals surface area (Å²) < 4.78 is 64.3. The first-order chi connectivity index (χ1) is 8.28. The van der Waals surface area contributed by atoms with Gasteiger partial charge in [0, 0.05) is 11.1 Å². The van der Waals surface area contributed by atoms with Gasteiger partial charge in [-0.3, -0.25) is 9.59 Å². The standard InChI is InChI=1S/C10H5F5O3/c11-9(12)7-1-5(3-16)6(4-17)2-8(7)18-10(13,14)15/h1-4,9H. The number of ether oxygens (including phenoxy) is 1. The van der Waals surface area contributed by atoms with Gasteiger partial charge in [0.1, 0.15) is 5.75 Å². The second kappa shape index (κ2) is 5.11. The highest BCUT2D eigenvalue weighted by molar-refractivity contribution is 5.91. The Kier molecular flexibility index (Phi) is 4.00. The molecular formula is C10H5F5O3. The van der Waals surface area contributed by atoms with Crippen LogP contribution in [-0.4, -0.2) is 18.9 Å². The number of carbonyl (C=O) groups is 2. The van der Waals surface area contributed by atoms with Crippen LogP contribution in [0.1, 0.15) is 32.7 Å². The minimum absolute atomic E-state index is 0.0716. The van der Waals surface area contributed by atoms with Crippen molar-refractivity contribution in [2.24, 2.45) is 0 Å². The molecule has 18 heavy (non-hydrogen) atoms. The number of hydrogen-bond acceptors (Lipinski definition) is 3. The van der Waals surface area contributed by atoms with Gasteiger partial charge < -0.3 is 4.74 Å². The maximum absolute atomic E-state index is 12.5. The third kappa shape index (κ3) is 3.25. The van der Waals surface area contributed by atoms with E-state index in [-0.39, 0.29) is 12.6 Å². The first kappa shape index (κ1) is 14.1. The van der Waals surface area contributed by atoms with Crippen LogP contribution < -0.4 is 4.74 Å². The fourth-order valence-corrected chi connectivity index (χ4v) is 1.22. The molecule has 0 fully saturated rings. The molecule has 3 nitrogen and oxygen atoms in total.